The molecule has 0 aliphatic heterocycles. The summed E-state index contributed by atoms with van der Waals surface area (Å²) in [5, 5.41) is 12.8. The van der Waals surface area contributed by atoms with Crippen molar-refractivity contribution in [2.75, 3.05) is 13.2 Å². The molecule has 1 fully saturated rings. The van der Waals surface area contributed by atoms with Crippen molar-refractivity contribution < 1.29 is 18.6 Å². The van der Waals surface area contributed by atoms with E-state index in [9.17, 15) is 13.9 Å². The summed E-state index contributed by atoms with van der Waals surface area (Å²) < 4.78 is 31.6. The molecule has 1 aromatic rings. The maximum absolute atomic E-state index is 13.4. The van der Waals surface area contributed by atoms with Crippen LogP contribution in [0.25, 0.3) is 0 Å². The highest BCUT2D eigenvalue weighted by atomic mass is 19.2. The van der Waals surface area contributed by atoms with Crippen molar-refractivity contribution >= 4 is 0 Å². The summed E-state index contributed by atoms with van der Waals surface area (Å²) in [6.45, 7) is 2.31. The topological polar surface area (TPSA) is 41.5 Å². The first kappa shape index (κ1) is 15.2. The molecule has 2 rings (SSSR count). The molecule has 0 spiro atoms. The average Bonchev–Trinajstić information content (AvgIpc) is 3.23. The van der Waals surface area contributed by atoms with Gasteiger partial charge >= 0.3 is 0 Å². The molecule has 112 valence electrons. The Labute approximate surface area is 117 Å². The maximum atomic E-state index is 13.4. The minimum Gasteiger partial charge on any atom is -0.490 e. The van der Waals surface area contributed by atoms with Gasteiger partial charge in [0.15, 0.2) is 11.6 Å². The van der Waals surface area contributed by atoms with Crippen LogP contribution in [0.15, 0.2) is 18.2 Å². The lowest BCUT2D eigenvalue weighted by Crippen LogP contribution is -2.47. The minimum atomic E-state index is -0.950. The van der Waals surface area contributed by atoms with Crippen LogP contribution >= 0.6 is 0 Å². The zero-order chi connectivity index (χ0) is 14.6. The summed E-state index contributed by atoms with van der Waals surface area (Å²) in [6, 6.07) is 4.39. The highest BCUT2D eigenvalue weighted by molar-refractivity contribution is 5.24. The number of hydrogen-bond acceptors (Lipinski definition) is 3. The van der Waals surface area contributed by atoms with Gasteiger partial charge in [-0.3, -0.25) is 0 Å². The van der Waals surface area contributed by atoms with Crippen molar-refractivity contribution in [1.29, 1.82) is 0 Å². The van der Waals surface area contributed by atoms with E-state index in [0.29, 0.717) is 19.1 Å². The smallest absolute Gasteiger partial charge is 0.200 e. The molecule has 1 atom stereocenters. The molecule has 20 heavy (non-hydrogen) atoms. The Morgan fingerprint density at radius 2 is 2.15 bits per heavy atom. The highest BCUT2D eigenvalue weighted by Gasteiger charge is 2.31. The first-order chi connectivity index (χ1) is 9.54. The number of nitrogens with one attached hydrogen (secondary N) is 1. The zero-order valence-electron chi connectivity index (χ0n) is 11.7. The standard InChI is InChI=1S/C15H21F2NO2/c1-15(10-19,18-11-6-7-11)8-3-9-20-13-5-2-4-12(16)14(13)17/h2,4-5,11,18-19H,3,6-10H2,1H3. The predicted molar refractivity (Wildman–Crippen MR) is 72.7 cm³/mol. The molecule has 0 radical (unpaired) electrons. The second-order valence-electron chi connectivity index (χ2n) is 5.64. The van der Waals surface area contributed by atoms with Crippen LogP contribution in [-0.2, 0) is 0 Å². The second-order valence-corrected chi connectivity index (χ2v) is 5.64. The van der Waals surface area contributed by atoms with E-state index in [1.807, 2.05) is 6.92 Å². The molecule has 5 heteroatoms. The summed E-state index contributed by atoms with van der Waals surface area (Å²) in [7, 11) is 0. The van der Waals surface area contributed by atoms with Gasteiger partial charge in [0.25, 0.3) is 0 Å². The maximum Gasteiger partial charge on any atom is 0.200 e. The molecule has 3 nitrogen and oxygen atoms in total. The van der Waals surface area contributed by atoms with Crippen LogP contribution in [0.1, 0.15) is 32.6 Å². The lowest BCUT2D eigenvalue weighted by molar-refractivity contribution is 0.153. The molecule has 2 N–H and O–H groups in total. The van der Waals surface area contributed by atoms with E-state index in [2.05, 4.69) is 5.32 Å². The van der Waals surface area contributed by atoms with Crippen molar-refractivity contribution in [3.63, 3.8) is 0 Å². The Hall–Kier alpha value is -1.20. The first-order valence-corrected chi connectivity index (χ1v) is 6.99. The normalized spacial score (nSPS) is 17.8. The van der Waals surface area contributed by atoms with E-state index in [1.54, 1.807) is 0 Å². The predicted octanol–water partition coefficient (Wildman–Crippen LogP) is 2.63. The molecule has 1 aliphatic rings. The summed E-state index contributed by atoms with van der Waals surface area (Å²) in [5.74, 6) is -1.92. The first-order valence-electron chi connectivity index (χ1n) is 6.99. The fourth-order valence-corrected chi connectivity index (χ4v) is 2.16. The summed E-state index contributed by atoms with van der Waals surface area (Å²) in [6.07, 6.45) is 3.69. The quantitative estimate of drug-likeness (QED) is 0.721. The van der Waals surface area contributed by atoms with E-state index < -0.39 is 11.6 Å². The SMILES string of the molecule is CC(CO)(CCCOc1cccc(F)c1F)NC1CC1. The van der Waals surface area contributed by atoms with Gasteiger partial charge in [-0.25, -0.2) is 4.39 Å². The van der Waals surface area contributed by atoms with Gasteiger partial charge in [0.1, 0.15) is 0 Å². The minimum absolute atomic E-state index is 0.0534. The van der Waals surface area contributed by atoms with E-state index in [1.165, 1.54) is 12.1 Å². The fraction of sp³-hybridized carbons (Fsp3) is 0.600. The monoisotopic (exact) mass is 285 g/mol. The number of halogens is 2. The molecule has 0 amide bonds. The van der Waals surface area contributed by atoms with Gasteiger partial charge in [-0.2, -0.15) is 4.39 Å². The van der Waals surface area contributed by atoms with Gasteiger partial charge in [-0.1, -0.05) is 6.07 Å². The van der Waals surface area contributed by atoms with Gasteiger partial charge in [0.05, 0.1) is 13.2 Å². The zero-order valence-corrected chi connectivity index (χ0v) is 11.7. The Balaban J connectivity index is 1.76. The van der Waals surface area contributed by atoms with Crippen LogP contribution in [0.4, 0.5) is 8.78 Å². The molecule has 0 saturated heterocycles. The Bertz CT molecular complexity index is 451. The molecule has 1 aromatic carbocycles. The van der Waals surface area contributed by atoms with Crippen LogP contribution in [0.2, 0.25) is 0 Å². The third kappa shape index (κ3) is 4.15. The van der Waals surface area contributed by atoms with E-state index in [-0.39, 0.29) is 17.9 Å². The highest BCUT2D eigenvalue weighted by Crippen LogP contribution is 2.25. The average molecular weight is 285 g/mol. The number of ether oxygens (including phenoxy) is 1. The van der Waals surface area contributed by atoms with E-state index in [0.717, 1.165) is 25.3 Å². The molecule has 1 saturated carbocycles. The molecular weight excluding hydrogens is 264 g/mol. The largest absolute Gasteiger partial charge is 0.490 e. The molecule has 0 heterocycles. The molecule has 1 unspecified atom stereocenters. The summed E-state index contributed by atoms with van der Waals surface area (Å²) in [5.41, 5.74) is -0.328. The van der Waals surface area contributed by atoms with Crippen molar-refractivity contribution in [3.05, 3.63) is 29.8 Å². The number of benzene rings is 1. The van der Waals surface area contributed by atoms with Crippen molar-refractivity contribution in [2.45, 2.75) is 44.2 Å². The lowest BCUT2D eigenvalue weighted by Gasteiger charge is -2.29. The summed E-state index contributed by atoms with van der Waals surface area (Å²) in [4.78, 5) is 0. The van der Waals surface area contributed by atoms with E-state index >= 15 is 0 Å². The van der Waals surface area contributed by atoms with E-state index in [4.69, 9.17) is 4.74 Å². The Morgan fingerprint density at radius 1 is 1.40 bits per heavy atom. The van der Waals surface area contributed by atoms with Crippen LogP contribution in [0, 0.1) is 11.6 Å². The molecule has 0 bridgehead atoms. The second kappa shape index (κ2) is 6.50. The van der Waals surface area contributed by atoms with Crippen LogP contribution in [0.5, 0.6) is 5.75 Å². The van der Waals surface area contributed by atoms with Crippen LogP contribution in [0.3, 0.4) is 0 Å². The molecular formula is C15H21F2NO2. The molecule has 0 aromatic heterocycles. The van der Waals surface area contributed by atoms with Crippen molar-refractivity contribution in [3.8, 4) is 5.75 Å². The Morgan fingerprint density at radius 3 is 2.80 bits per heavy atom. The lowest BCUT2D eigenvalue weighted by atomic mass is 9.97. The van der Waals surface area contributed by atoms with Crippen LogP contribution in [-0.4, -0.2) is 29.9 Å². The third-order valence-electron chi connectivity index (χ3n) is 3.53. The number of hydrogen-bond donors (Lipinski definition) is 2. The van der Waals surface area contributed by atoms with Crippen molar-refractivity contribution in [2.24, 2.45) is 0 Å². The fourth-order valence-electron chi connectivity index (χ4n) is 2.16. The van der Waals surface area contributed by atoms with Gasteiger partial charge in [0.2, 0.25) is 5.82 Å². The van der Waals surface area contributed by atoms with Gasteiger partial charge < -0.3 is 15.2 Å². The summed E-state index contributed by atoms with van der Waals surface area (Å²) >= 11 is 0. The van der Waals surface area contributed by atoms with Gasteiger partial charge in [-0.15, -0.1) is 0 Å². The number of aliphatic hydroxyl groups is 1. The van der Waals surface area contributed by atoms with Crippen LogP contribution < -0.4 is 10.1 Å². The number of aliphatic hydroxyl groups excluding tert-OH is 1. The van der Waals surface area contributed by atoms with Crippen molar-refractivity contribution in [1.82, 2.24) is 5.32 Å². The third-order valence-corrected chi connectivity index (χ3v) is 3.53. The van der Waals surface area contributed by atoms with Gasteiger partial charge in [-0.05, 0) is 44.7 Å². The molecule has 1 aliphatic carbocycles. The Kier molecular flexibility index (Phi) is 4.94. The number of rotatable bonds is 8. The van der Waals surface area contributed by atoms with Gasteiger partial charge in [0, 0.05) is 11.6 Å².